The average Bonchev–Trinajstić information content (AvgIpc) is 2.88. The number of anilines is 1. The van der Waals surface area contributed by atoms with Gasteiger partial charge in [-0.05, 0) is 76.2 Å². The first-order valence-corrected chi connectivity index (χ1v) is 8.72. The first-order valence-electron chi connectivity index (χ1n) is 8.34. The van der Waals surface area contributed by atoms with Gasteiger partial charge < -0.3 is 10.2 Å². The Bertz CT molecular complexity index is 472. The smallest absolute Gasteiger partial charge is 0.224 e. The van der Waals surface area contributed by atoms with Gasteiger partial charge in [-0.2, -0.15) is 0 Å². The van der Waals surface area contributed by atoms with Crippen LogP contribution >= 0.6 is 11.6 Å². The summed E-state index contributed by atoms with van der Waals surface area (Å²) in [5.41, 5.74) is 2.47. The highest BCUT2D eigenvalue weighted by molar-refractivity contribution is 6.28. The van der Waals surface area contributed by atoms with E-state index in [1.54, 1.807) is 0 Å². The molecule has 2 aliphatic rings. The normalized spacial score (nSPS) is 19.3. The van der Waals surface area contributed by atoms with Crippen LogP contribution in [0.25, 0.3) is 0 Å². The topological polar surface area (TPSA) is 41.1 Å². The second kappa shape index (κ2) is 7.41. The predicted molar refractivity (Wildman–Crippen MR) is 87.1 cm³/mol. The van der Waals surface area contributed by atoms with E-state index in [4.69, 9.17) is 11.6 Å². The molecule has 3 rings (SSSR count). The quantitative estimate of drug-likeness (QED) is 0.515. The zero-order valence-electron chi connectivity index (χ0n) is 12.7. The van der Waals surface area contributed by atoms with Crippen molar-refractivity contribution in [3.63, 3.8) is 0 Å². The van der Waals surface area contributed by atoms with Crippen molar-refractivity contribution < 1.29 is 0 Å². The highest BCUT2D eigenvalue weighted by Crippen LogP contribution is 2.26. The largest absolute Gasteiger partial charge is 0.370 e. The van der Waals surface area contributed by atoms with Crippen LogP contribution in [-0.2, 0) is 12.8 Å². The van der Waals surface area contributed by atoms with Crippen molar-refractivity contribution in [2.75, 3.05) is 31.5 Å². The Morgan fingerprint density at radius 2 is 1.81 bits per heavy atom. The molecule has 0 saturated carbocycles. The molecule has 1 aromatic rings. The molecule has 0 spiro atoms. The number of rotatable bonds is 5. The van der Waals surface area contributed by atoms with Crippen molar-refractivity contribution in [3.8, 4) is 0 Å². The van der Waals surface area contributed by atoms with Gasteiger partial charge in [0.2, 0.25) is 5.28 Å². The third-order valence-electron chi connectivity index (χ3n) is 4.55. The summed E-state index contributed by atoms with van der Waals surface area (Å²) in [4.78, 5) is 11.4. The van der Waals surface area contributed by atoms with Crippen LogP contribution in [0.4, 0.5) is 5.82 Å². The fourth-order valence-corrected chi connectivity index (χ4v) is 3.59. The fourth-order valence-electron chi connectivity index (χ4n) is 3.40. The van der Waals surface area contributed by atoms with Gasteiger partial charge in [-0.15, -0.1) is 0 Å². The molecule has 2 heterocycles. The Hall–Kier alpha value is -0.870. The van der Waals surface area contributed by atoms with Crippen molar-refractivity contribution in [3.05, 3.63) is 16.5 Å². The van der Waals surface area contributed by atoms with E-state index in [0.717, 1.165) is 37.3 Å². The first-order chi connectivity index (χ1) is 10.3. The summed E-state index contributed by atoms with van der Waals surface area (Å²) in [6.45, 7) is 4.70. The van der Waals surface area contributed by atoms with Crippen LogP contribution in [-0.4, -0.2) is 41.0 Å². The summed E-state index contributed by atoms with van der Waals surface area (Å²) < 4.78 is 0. The van der Waals surface area contributed by atoms with Gasteiger partial charge in [-0.1, -0.05) is 6.42 Å². The van der Waals surface area contributed by atoms with Crippen LogP contribution in [0.2, 0.25) is 5.28 Å². The molecule has 5 heteroatoms. The molecule has 116 valence electrons. The van der Waals surface area contributed by atoms with Crippen molar-refractivity contribution in [1.82, 2.24) is 14.9 Å². The molecular weight excluding hydrogens is 284 g/mol. The summed E-state index contributed by atoms with van der Waals surface area (Å²) in [5.74, 6) is 0.980. The Morgan fingerprint density at radius 1 is 1.00 bits per heavy atom. The van der Waals surface area contributed by atoms with Crippen LogP contribution < -0.4 is 5.32 Å². The molecule has 21 heavy (non-hydrogen) atoms. The molecule has 1 aliphatic heterocycles. The highest BCUT2D eigenvalue weighted by Gasteiger charge is 2.16. The SMILES string of the molecule is Clc1nc2c(c(NCCCN3CCCC3)n1)CCCCC2. The minimum absolute atomic E-state index is 0.387. The predicted octanol–water partition coefficient (Wildman–Crippen LogP) is 3.30. The van der Waals surface area contributed by atoms with Gasteiger partial charge in [-0.3, -0.25) is 0 Å². The molecule has 0 bridgehead atoms. The summed E-state index contributed by atoms with van der Waals surface area (Å²) in [6.07, 6.45) is 9.75. The van der Waals surface area contributed by atoms with E-state index in [9.17, 15) is 0 Å². The number of aryl methyl sites for hydroxylation is 1. The minimum Gasteiger partial charge on any atom is -0.370 e. The highest BCUT2D eigenvalue weighted by atomic mass is 35.5. The zero-order valence-corrected chi connectivity index (χ0v) is 13.5. The number of halogens is 1. The van der Waals surface area contributed by atoms with Crippen LogP contribution in [0.5, 0.6) is 0 Å². The molecular formula is C16H25ClN4. The summed E-state index contributed by atoms with van der Waals surface area (Å²) >= 11 is 6.08. The lowest BCUT2D eigenvalue weighted by atomic mass is 10.1. The fraction of sp³-hybridized carbons (Fsp3) is 0.750. The van der Waals surface area contributed by atoms with Gasteiger partial charge in [0, 0.05) is 12.1 Å². The molecule has 1 aliphatic carbocycles. The van der Waals surface area contributed by atoms with E-state index < -0.39 is 0 Å². The molecule has 1 fully saturated rings. The monoisotopic (exact) mass is 308 g/mol. The van der Waals surface area contributed by atoms with Crippen LogP contribution in [0.15, 0.2) is 0 Å². The number of fused-ring (bicyclic) bond motifs is 1. The Balaban J connectivity index is 1.57. The Kier molecular flexibility index (Phi) is 5.31. The van der Waals surface area contributed by atoms with E-state index in [1.807, 2.05) is 0 Å². The van der Waals surface area contributed by atoms with E-state index in [0.29, 0.717) is 5.28 Å². The second-order valence-electron chi connectivity index (χ2n) is 6.16. The van der Waals surface area contributed by atoms with Crippen LogP contribution in [0, 0.1) is 0 Å². The maximum Gasteiger partial charge on any atom is 0.224 e. The molecule has 0 unspecified atom stereocenters. The maximum absolute atomic E-state index is 6.08. The van der Waals surface area contributed by atoms with Crippen LogP contribution in [0.1, 0.15) is 49.8 Å². The summed E-state index contributed by atoms with van der Waals surface area (Å²) in [6, 6.07) is 0. The third kappa shape index (κ3) is 4.07. The third-order valence-corrected chi connectivity index (χ3v) is 4.72. The number of hydrogen-bond donors (Lipinski definition) is 1. The Labute approximate surface area is 132 Å². The van der Waals surface area contributed by atoms with Gasteiger partial charge >= 0.3 is 0 Å². The van der Waals surface area contributed by atoms with Gasteiger partial charge in [-0.25, -0.2) is 9.97 Å². The summed E-state index contributed by atoms with van der Waals surface area (Å²) in [7, 11) is 0. The van der Waals surface area contributed by atoms with Crippen LogP contribution in [0.3, 0.4) is 0 Å². The molecule has 1 N–H and O–H groups in total. The molecule has 0 atom stereocenters. The number of nitrogens with zero attached hydrogens (tertiary/aromatic N) is 3. The molecule has 0 aromatic carbocycles. The van der Waals surface area contributed by atoms with Crippen molar-refractivity contribution in [1.29, 1.82) is 0 Å². The Morgan fingerprint density at radius 3 is 2.67 bits per heavy atom. The maximum atomic E-state index is 6.08. The van der Waals surface area contributed by atoms with Gasteiger partial charge in [0.05, 0.1) is 5.69 Å². The van der Waals surface area contributed by atoms with Gasteiger partial charge in [0.25, 0.3) is 0 Å². The minimum atomic E-state index is 0.387. The lowest BCUT2D eigenvalue weighted by Crippen LogP contribution is -2.22. The second-order valence-corrected chi connectivity index (χ2v) is 6.49. The van der Waals surface area contributed by atoms with Crippen molar-refractivity contribution >= 4 is 17.4 Å². The van der Waals surface area contributed by atoms with E-state index in [1.165, 1.54) is 57.3 Å². The van der Waals surface area contributed by atoms with E-state index in [-0.39, 0.29) is 0 Å². The molecule has 4 nitrogen and oxygen atoms in total. The van der Waals surface area contributed by atoms with Crippen molar-refractivity contribution in [2.24, 2.45) is 0 Å². The summed E-state index contributed by atoms with van der Waals surface area (Å²) in [5, 5.41) is 3.89. The average molecular weight is 309 g/mol. The number of nitrogens with one attached hydrogen (secondary N) is 1. The zero-order chi connectivity index (χ0) is 14.5. The molecule has 0 amide bonds. The van der Waals surface area contributed by atoms with E-state index in [2.05, 4.69) is 20.2 Å². The lowest BCUT2D eigenvalue weighted by Gasteiger charge is -2.16. The van der Waals surface area contributed by atoms with E-state index >= 15 is 0 Å². The van der Waals surface area contributed by atoms with Gasteiger partial charge in [0.15, 0.2) is 0 Å². The lowest BCUT2D eigenvalue weighted by molar-refractivity contribution is 0.337. The number of aromatic nitrogens is 2. The van der Waals surface area contributed by atoms with Gasteiger partial charge in [0.1, 0.15) is 5.82 Å². The van der Waals surface area contributed by atoms with Crippen molar-refractivity contribution in [2.45, 2.75) is 51.4 Å². The standard InChI is InChI=1S/C16H25ClN4/c17-16-19-14-8-3-1-2-7-13(14)15(20-16)18-9-6-12-21-10-4-5-11-21/h1-12H2,(H,18,19,20). The number of likely N-dealkylation sites (tertiary alicyclic amines) is 1. The number of hydrogen-bond acceptors (Lipinski definition) is 4. The molecule has 1 aromatic heterocycles. The molecule has 0 radical (unpaired) electrons. The first kappa shape index (κ1) is 15.0. The molecule has 1 saturated heterocycles.